The number of carbonyl (C=O) groups is 1. The summed E-state index contributed by atoms with van der Waals surface area (Å²) in [5.74, 6) is 0.0841. The van der Waals surface area contributed by atoms with Gasteiger partial charge in [-0.1, -0.05) is 6.92 Å². The van der Waals surface area contributed by atoms with Gasteiger partial charge in [-0.25, -0.2) is 4.98 Å². The molecule has 0 fully saturated rings. The number of carbonyl (C=O) groups excluding carboxylic acids is 1. The molecule has 1 aromatic heterocycles. The van der Waals surface area contributed by atoms with Crippen LogP contribution in [0.2, 0.25) is 0 Å². The molecule has 0 saturated carbocycles. The van der Waals surface area contributed by atoms with Crippen LogP contribution < -0.4 is 5.32 Å². The zero-order valence-electron chi connectivity index (χ0n) is 13.1. The number of nitrogens with one attached hydrogen (secondary N) is 1. The van der Waals surface area contributed by atoms with Gasteiger partial charge in [-0.15, -0.1) is 0 Å². The molecule has 0 aromatic carbocycles. The molecule has 1 heterocycles. The fourth-order valence-electron chi connectivity index (χ4n) is 1.72. The van der Waals surface area contributed by atoms with Gasteiger partial charge in [0.2, 0.25) is 0 Å². The van der Waals surface area contributed by atoms with Crippen molar-refractivity contribution in [2.24, 2.45) is 0 Å². The average molecular weight is 294 g/mol. The number of hydrogen-bond donors (Lipinski definition) is 1. The molecule has 0 saturated heterocycles. The molecular weight excluding hydrogens is 272 g/mol. The highest BCUT2D eigenvalue weighted by Crippen LogP contribution is 2.24. The second-order valence-electron chi connectivity index (χ2n) is 5.41. The number of anilines is 1. The first-order valence-electron chi connectivity index (χ1n) is 6.91. The first kappa shape index (κ1) is 16.9. The van der Waals surface area contributed by atoms with Crippen LogP contribution in [0.1, 0.15) is 44.5 Å². The second kappa shape index (κ2) is 6.51. The third kappa shape index (κ3) is 3.68. The molecule has 1 amide bonds. The predicted octanol–water partition coefficient (Wildman–Crippen LogP) is 2.68. The van der Waals surface area contributed by atoms with Crippen molar-refractivity contribution in [3.05, 3.63) is 27.9 Å². The van der Waals surface area contributed by atoms with Crippen molar-refractivity contribution < 1.29 is 9.72 Å². The minimum atomic E-state index is -0.551. The van der Waals surface area contributed by atoms with E-state index in [2.05, 4.69) is 10.3 Å². The van der Waals surface area contributed by atoms with Crippen LogP contribution in [0, 0.1) is 10.1 Å². The molecule has 21 heavy (non-hydrogen) atoms. The Morgan fingerprint density at radius 2 is 2.10 bits per heavy atom. The second-order valence-corrected chi connectivity index (χ2v) is 5.41. The molecule has 1 N–H and O–H groups in total. The Hall–Kier alpha value is -2.18. The molecule has 116 valence electrons. The smallest absolute Gasteiger partial charge is 0.288 e. The Balaban J connectivity index is 3.28. The highest BCUT2D eigenvalue weighted by Gasteiger charge is 2.29. The molecule has 0 radical (unpaired) electrons. The third-order valence-electron chi connectivity index (χ3n) is 3.74. The van der Waals surface area contributed by atoms with Gasteiger partial charge < -0.3 is 10.2 Å². The normalized spacial score (nSPS) is 11.1. The molecule has 1 rings (SSSR count). The first-order valence-corrected chi connectivity index (χ1v) is 6.91. The predicted molar refractivity (Wildman–Crippen MR) is 81.5 cm³/mol. The summed E-state index contributed by atoms with van der Waals surface area (Å²) in [6, 6.07) is 1.27. The number of nitro groups is 1. The minimum Gasteiger partial charge on any atom is -0.370 e. The van der Waals surface area contributed by atoms with Gasteiger partial charge in [-0.3, -0.25) is 14.9 Å². The largest absolute Gasteiger partial charge is 0.370 e. The molecule has 7 nitrogen and oxygen atoms in total. The Morgan fingerprint density at radius 1 is 1.48 bits per heavy atom. The summed E-state index contributed by atoms with van der Waals surface area (Å²) in [5, 5.41) is 13.9. The SMILES string of the molecule is CCNc1ncc([N+](=O)[O-])cc1C(=O)N(C)C(C)(C)CC. The van der Waals surface area contributed by atoms with Crippen molar-refractivity contribution in [1.29, 1.82) is 0 Å². The third-order valence-corrected chi connectivity index (χ3v) is 3.74. The molecule has 0 aliphatic heterocycles. The number of aromatic nitrogens is 1. The zero-order valence-corrected chi connectivity index (χ0v) is 13.1. The molecule has 0 aliphatic rings. The zero-order chi connectivity index (χ0) is 16.2. The van der Waals surface area contributed by atoms with Gasteiger partial charge in [0.1, 0.15) is 12.0 Å². The number of nitrogens with zero attached hydrogens (tertiary/aromatic N) is 3. The van der Waals surface area contributed by atoms with Gasteiger partial charge in [0, 0.05) is 25.2 Å². The van der Waals surface area contributed by atoms with E-state index in [1.54, 1.807) is 11.9 Å². The van der Waals surface area contributed by atoms with Crippen molar-refractivity contribution in [3.8, 4) is 0 Å². The Labute approximate surface area is 124 Å². The van der Waals surface area contributed by atoms with Gasteiger partial charge >= 0.3 is 0 Å². The van der Waals surface area contributed by atoms with E-state index < -0.39 is 4.92 Å². The molecule has 0 atom stereocenters. The molecule has 1 aromatic rings. The lowest BCUT2D eigenvalue weighted by Crippen LogP contribution is -2.44. The number of hydrogen-bond acceptors (Lipinski definition) is 5. The van der Waals surface area contributed by atoms with Gasteiger partial charge in [-0.2, -0.15) is 0 Å². The minimum absolute atomic E-state index is 0.192. The van der Waals surface area contributed by atoms with Crippen LogP contribution in [0.25, 0.3) is 0 Å². The van der Waals surface area contributed by atoms with E-state index in [0.717, 1.165) is 12.6 Å². The summed E-state index contributed by atoms with van der Waals surface area (Å²) in [6.07, 6.45) is 1.92. The maximum absolute atomic E-state index is 12.6. The standard InChI is InChI=1S/C14H22N4O3/c1-6-14(3,4)17(5)13(19)11-8-10(18(20)21)9-16-12(11)15-7-2/h8-9H,6-7H2,1-5H3,(H,15,16). The monoisotopic (exact) mass is 294 g/mol. The van der Waals surface area contributed by atoms with Gasteiger partial charge in [0.05, 0.1) is 10.5 Å². The van der Waals surface area contributed by atoms with Crippen molar-refractivity contribution in [3.63, 3.8) is 0 Å². The Kier molecular flexibility index (Phi) is 5.23. The maximum Gasteiger partial charge on any atom is 0.288 e. The van der Waals surface area contributed by atoms with Crippen LogP contribution in [-0.4, -0.2) is 39.8 Å². The summed E-state index contributed by atoms with van der Waals surface area (Å²) >= 11 is 0. The fraction of sp³-hybridized carbons (Fsp3) is 0.571. The van der Waals surface area contributed by atoms with Crippen LogP contribution >= 0.6 is 0 Å². The topological polar surface area (TPSA) is 88.4 Å². The van der Waals surface area contributed by atoms with E-state index >= 15 is 0 Å². The van der Waals surface area contributed by atoms with Crippen molar-refractivity contribution in [2.75, 3.05) is 18.9 Å². The maximum atomic E-state index is 12.6. The van der Waals surface area contributed by atoms with E-state index in [-0.39, 0.29) is 22.7 Å². The van der Waals surface area contributed by atoms with Gasteiger partial charge in [-0.05, 0) is 27.2 Å². The molecule has 0 unspecified atom stereocenters. The summed E-state index contributed by atoms with van der Waals surface area (Å²) in [6.45, 7) is 8.33. The Bertz CT molecular complexity index is 543. The van der Waals surface area contributed by atoms with E-state index in [4.69, 9.17) is 0 Å². The summed E-state index contributed by atoms with van der Waals surface area (Å²) in [5.41, 5.74) is -0.316. The lowest BCUT2D eigenvalue weighted by atomic mass is 9.99. The molecule has 7 heteroatoms. The van der Waals surface area contributed by atoms with Gasteiger partial charge in [0.15, 0.2) is 0 Å². The quantitative estimate of drug-likeness (QED) is 0.643. The summed E-state index contributed by atoms with van der Waals surface area (Å²) in [7, 11) is 1.69. The highest BCUT2D eigenvalue weighted by atomic mass is 16.6. The Morgan fingerprint density at radius 3 is 2.57 bits per heavy atom. The van der Waals surface area contributed by atoms with E-state index in [1.807, 2.05) is 27.7 Å². The summed E-state index contributed by atoms with van der Waals surface area (Å²) < 4.78 is 0. The number of pyridine rings is 1. The van der Waals surface area contributed by atoms with E-state index in [0.29, 0.717) is 12.4 Å². The van der Waals surface area contributed by atoms with E-state index in [1.165, 1.54) is 6.07 Å². The lowest BCUT2D eigenvalue weighted by molar-refractivity contribution is -0.385. The first-order chi connectivity index (χ1) is 9.74. The molecule has 0 spiro atoms. The molecule has 0 bridgehead atoms. The van der Waals surface area contributed by atoms with Crippen LogP contribution in [0.5, 0.6) is 0 Å². The van der Waals surface area contributed by atoms with Crippen LogP contribution in [0.3, 0.4) is 0 Å². The summed E-state index contributed by atoms with van der Waals surface area (Å²) in [4.78, 5) is 28.6. The van der Waals surface area contributed by atoms with Crippen LogP contribution in [-0.2, 0) is 0 Å². The van der Waals surface area contributed by atoms with E-state index in [9.17, 15) is 14.9 Å². The lowest BCUT2D eigenvalue weighted by Gasteiger charge is -2.35. The fourth-order valence-corrected chi connectivity index (χ4v) is 1.72. The molecular formula is C14H22N4O3. The highest BCUT2D eigenvalue weighted by molar-refractivity contribution is 5.99. The number of rotatable bonds is 6. The molecule has 0 aliphatic carbocycles. The van der Waals surface area contributed by atoms with Crippen LogP contribution in [0.15, 0.2) is 12.3 Å². The number of amides is 1. The average Bonchev–Trinajstić information content (AvgIpc) is 2.46. The van der Waals surface area contributed by atoms with Gasteiger partial charge in [0.25, 0.3) is 11.6 Å². The van der Waals surface area contributed by atoms with Crippen molar-refractivity contribution in [1.82, 2.24) is 9.88 Å². The van der Waals surface area contributed by atoms with Crippen molar-refractivity contribution >= 4 is 17.4 Å². The van der Waals surface area contributed by atoms with Crippen LogP contribution in [0.4, 0.5) is 11.5 Å². The van der Waals surface area contributed by atoms with Crippen molar-refractivity contribution in [2.45, 2.75) is 39.7 Å².